The normalized spacial score (nSPS) is 13.4. The van der Waals surface area contributed by atoms with E-state index in [1.807, 2.05) is 24.4 Å². The van der Waals surface area contributed by atoms with Crippen molar-refractivity contribution in [2.24, 2.45) is 0 Å². The Balaban J connectivity index is 1.34. The molecule has 6 heteroatoms. The van der Waals surface area contributed by atoms with Crippen LogP contribution in [-0.4, -0.2) is 27.2 Å². The minimum Gasteiger partial charge on any atom is -0.457 e. The van der Waals surface area contributed by atoms with Crippen molar-refractivity contribution in [1.29, 1.82) is 0 Å². The van der Waals surface area contributed by atoms with Crippen LogP contribution < -0.4 is 14.5 Å². The first-order chi connectivity index (χ1) is 20.7. The molecule has 0 amide bonds. The van der Waals surface area contributed by atoms with Crippen molar-refractivity contribution in [1.82, 2.24) is 14.5 Å². The first kappa shape index (κ1) is 27.0. The molecule has 216 valence electrons. The standard InChI is InChI=1S/C37H37N5O/c1-24(2)40-23-41(36-33(40)17-14-25(3)39-36)27-19-26(37(4,5)6)20-29(21-27)43-28-15-16-31-30-11-7-8-12-32(30)42(34(31)22-28)35-13-9-10-18-38-35/h7-22,24H,23H2,1-6H3. The van der Waals surface area contributed by atoms with Crippen molar-refractivity contribution in [3.63, 3.8) is 0 Å². The summed E-state index contributed by atoms with van der Waals surface area (Å²) >= 11 is 0. The number of hydrogen-bond acceptors (Lipinski definition) is 5. The van der Waals surface area contributed by atoms with E-state index < -0.39 is 0 Å². The first-order valence-corrected chi connectivity index (χ1v) is 15.0. The quantitative estimate of drug-likeness (QED) is 0.208. The number of benzene rings is 3. The van der Waals surface area contributed by atoms with E-state index in [9.17, 15) is 0 Å². The van der Waals surface area contributed by atoms with Crippen molar-refractivity contribution in [3.05, 3.63) is 108 Å². The fraction of sp³-hybridized carbons (Fsp3) is 0.243. The predicted molar refractivity (Wildman–Crippen MR) is 177 cm³/mol. The number of pyridine rings is 2. The second-order valence-electron chi connectivity index (χ2n) is 12.7. The maximum atomic E-state index is 6.70. The highest BCUT2D eigenvalue weighted by Gasteiger charge is 2.31. The van der Waals surface area contributed by atoms with Gasteiger partial charge < -0.3 is 14.5 Å². The molecule has 0 radical (unpaired) electrons. The topological polar surface area (TPSA) is 46.4 Å². The summed E-state index contributed by atoms with van der Waals surface area (Å²) in [5, 5.41) is 2.36. The largest absolute Gasteiger partial charge is 0.457 e. The zero-order valence-corrected chi connectivity index (χ0v) is 25.7. The van der Waals surface area contributed by atoms with Crippen molar-refractivity contribution >= 4 is 39.0 Å². The van der Waals surface area contributed by atoms with E-state index in [1.54, 1.807) is 0 Å². The number of rotatable bonds is 5. The van der Waals surface area contributed by atoms with E-state index in [0.717, 1.165) is 57.9 Å². The van der Waals surface area contributed by atoms with Gasteiger partial charge >= 0.3 is 0 Å². The van der Waals surface area contributed by atoms with Crippen LogP contribution in [0, 0.1) is 6.92 Å². The third-order valence-corrected chi connectivity index (χ3v) is 8.30. The number of hydrogen-bond donors (Lipinski definition) is 0. The number of para-hydroxylation sites is 1. The van der Waals surface area contributed by atoms with Gasteiger partial charge in [0.05, 0.1) is 23.4 Å². The van der Waals surface area contributed by atoms with Crippen LogP contribution >= 0.6 is 0 Å². The van der Waals surface area contributed by atoms with E-state index in [-0.39, 0.29) is 5.41 Å². The van der Waals surface area contributed by atoms with E-state index in [1.165, 1.54) is 16.3 Å². The molecule has 0 atom stereocenters. The number of ether oxygens (including phenoxy) is 1. The number of nitrogens with zero attached hydrogens (tertiary/aromatic N) is 5. The lowest BCUT2D eigenvalue weighted by Gasteiger charge is -2.27. The Morgan fingerprint density at radius 2 is 1.58 bits per heavy atom. The van der Waals surface area contributed by atoms with Gasteiger partial charge in [-0.15, -0.1) is 0 Å². The van der Waals surface area contributed by atoms with Gasteiger partial charge in [0, 0.05) is 46.5 Å². The Morgan fingerprint density at radius 3 is 2.35 bits per heavy atom. The number of aromatic nitrogens is 3. The molecule has 0 fully saturated rings. The maximum absolute atomic E-state index is 6.70. The fourth-order valence-corrected chi connectivity index (χ4v) is 6.01. The summed E-state index contributed by atoms with van der Waals surface area (Å²) in [6, 6.07) is 32.1. The Kier molecular flexibility index (Phi) is 6.38. The Morgan fingerprint density at radius 1 is 0.791 bits per heavy atom. The van der Waals surface area contributed by atoms with Crippen LogP contribution in [0.1, 0.15) is 45.9 Å². The molecule has 1 aliphatic heterocycles. The molecule has 0 aliphatic carbocycles. The SMILES string of the molecule is Cc1ccc2c(n1)N(c1cc(Oc3ccc4c5ccccc5n(-c5ccccn5)c4c3)cc(C(C)(C)C)c1)CN2C(C)C. The molecule has 6 nitrogen and oxygen atoms in total. The summed E-state index contributed by atoms with van der Waals surface area (Å²) in [6.07, 6.45) is 1.84. The summed E-state index contributed by atoms with van der Waals surface area (Å²) in [5.74, 6) is 3.46. The maximum Gasteiger partial charge on any atom is 0.158 e. The highest BCUT2D eigenvalue weighted by Crippen LogP contribution is 2.43. The lowest BCUT2D eigenvalue weighted by molar-refractivity contribution is 0.479. The molecule has 0 spiro atoms. The summed E-state index contributed by atoms with van der Waals surface area (Å²) in [6.45, 7) is 14.0. The smallest absolute Gasteiger partial charge is 0.158 e. The fourth-order valence-electron chi connectivity index (χ4n) is 6.01. The molecular weight excluding hydrogens is 530 g/mol. The van der Waals surface area contributed by atoms with E-state index in [0.29, 0.717) is 6.04 Å². The van der Waals surface area contributed by atoms with Crippen LogP contribution in [-0.2, 0) is 5.41 Å². The van der Waals surface area contributed by atoms with Gasteiger partial charge in [-0.3, -0.25) is 4.57 Å². The number of fused-ring (bicyclic) bond motifs is 4. The highest BCUT2D eigenvalue weighted by molar-refractivity contribution is 6.09. The van der Waals surface area contributed by atoms with Crippen molar-refractivity contribution in [2.45, 2.75) is 53.0 Å². The molecule has 0 saturated heterocycles. The van der Waals surface area contributed by atoms with Gasteiger partial charge in [0.25, 0.3) is 0 Å². The van der Waals surface area contributed by atoms with Crippen molar-refractivity contribution in [3.8, 4) is 17.3 Å². The van der Waals surface area contributed by atoms with Gasteiger partial charge in [-0.1, -0.05) is 45.0 Å². The third-order valence-electron chi connectivity index (χ3n) is 8.30. The predicted octanol–water partition coefficient (Wildman–Crippen LogP) is 9.30. The van der Waals surface area contributed by atoms with Crippen LogP contribution in [0.5, 0.6) is 11.5 Å². The van der Waals surface area contributed by atoms with E-state index in [4.69, 9.17) is 9.72 Å². The second-order valence-corrected chi connectivity index (χ2v) is 12.7. The third kappa shape index (κ3) is 4.77. The summed E-state index contributed by atoms with van der Waals surface area (Å²) in [5.41, 5.74) is 6.57. The van der Waals surface area contributed by atoms with E-state index >= 15 is 0 Å². The van der Waals surface area contributed by atoms with Gasteiger partial charge in [-0.2, -0.15) is 0 Å². The van der Waals surface area contributed by atoms with Crippen LogP contribution in [0.3, 0.4) is 0 Å². The van der Waals surface area contributed by atoms with Crippen LogP contribution in [0.15, 0.2) is 97.2 Å². The summed E-state index contributed by atoms with van der Waals surface area (Å²) in [7, 11) is 0. The number of aryl methyl sites for hydroxylation is 1. The minimum absolute atomic E-state index is 0.0657. The molecule has 0 saturated carbocycles. The monoisotopic (exact) mass is 567 g/mol. The number of anilines is 3. The van der Waals surface area contributed by atoms with Crippen LogP contribution in [0.25, 0.3) is 27.6 Å². The zero-order valence-electron chi connectivity index (χ0n) is 25.7. The molecular formula is C37H37N5O. The summed E-state index contributed by atoms with van der Waals surface area (Å²) in [4.78, 5) is 14.4. The van der Waals surface area contributed by atoms with Gasteiger partial charge in [-0.25, -0.2) is 9.97 Å². The molecule has 43 heavy (non-hydrogen) atoms. The zero-order chi connectivity index (χ0) is 29.9. The molecule has 3 aromatic carbocycles. The van der Waals surface area contributed by atoms with Gasteiger partial charge in [0.1, 0.15) is 17.3 Å². The Labute approximate surface area is 253 Å². The lowest BCUT2D eigenvalue weighted by atomic mass is 9.86. The molecule has 4 heterocycles. The Bertz CT molecular complexity index is 1970. The molecule has 0 unspecified atom stereocenters. The van der Waals surface area contributed by atoms with Gasteiger partial charge in [0.2, 0.25) is 0 Å². The molecule has 0 N–H and O–H groups in total. The van der Waals surface area contributed by atoms with Crippen molar-refractivity contribution < 1.29 is 4.74 Å². The van der Waals surface area contributed by atoms with Crippen molar-refractivity contribution in [2.75, 3.05) is 16.5 Å². The molecule has 0 bridgehead atoms. The van der Waals surface area contributed by atoms with Crippen LogP contribution in [0.2, 0.25) is 0 Å². The molecule has 3 aromatic heterocycles. The molecule has 6 aromatic rings. The average molecular weight is 568 g/mol. The molecule has 7 rings (SSSR count). The highest BCUT2D eigenvalue weighted by atomic mass is 16.5. The van der Waals surface area contributed by atoms with Crippen LogP contribution in [0.4, 0.5) is 17.2 Å². The summed E-state index contributed by atoms with van der Waals surface area (Å²) < 4.78 is 8.91. The second kappa shape index (κ2) is 10.2. The molecule has 1 aliphatic rings. The van der Waals surface area contributed by atoms with Gasteiger partial charge in [0.15, 0.2) is 5.82 Å². The first-order valence-electron chi connectivity index (χ1n) is 15.0. The lowest BCUT2D eigenvalue weighted by Crippen LogP contribution is -2.33. The van der Waals surface area contributed by atoms with E-state index in [2.05, 4.69) is 134 Å². The minimum atomic E-state index is -0.0657. The average Bonchev–Trinajstić information content (AvgIpc) is 3.52. The van der Waals surface area contributed by atoms with Gasteiger partial charge in [-0.05, 0) is 86.3 Å². The Hall–Kier alpha value is -4.84.